The Bertz CT molecular complexity index is 684. The van der Waals surface area contributed by atoms with Crippen LogP contribution in [0.4, 0.5) is 13.2 Å². The van der Waals surface area contributed by atoms with Crippen molar-refractivity contribution in [3.63, 3.8) is 0 Å². The number of hydrogen-bond donors (Lipinski definition) is 1. The minimum absolute atomic E-state index is 0.0749. The minimum Gasteiger partial charge on any atom is -0.462 e. The number of rotatable bonds is 2. The Morgan fingerprint density at radius 2 is 1.95 bits per heavy atom. The van der Waals surface area contributed by atoms with Gasteiger partial charge >= 0.3 is 15.6 Å². The molecule has 0 radical (unpaired) electrons. The van der Waals surface area contributed by atoms with Crippen LogP contribution in [0.1, 0.15) is 19.4 Å². The van der Waals surface area contributed by atoms with Gasteiger partial charge in [-0.3, -0.25) is 0 Å². The van der Waals surface area contributed by atoms with E-state index >= 15 is 0 Å². The van der Waals surface area contributed by atoms with Gasteiger partial charge < -0.3 is 14.0 Å². The molecule has 0 aromatic heterocycles. The predicted molar refractivity (Wildman–Crippen MR) is 66.7 cm³/mol. The monoisotopic (exact) mass is 346 g/mol. The maximum atomic E-state index is 12.3. The molecule has 1 aromatic rings. The summed E-state index contributed by atoms with van der Waals surface area (Å²) >= 11 is 5.82. The lowest BCUT2D eigenvalue weighted by Crippen LogP contribution is -2.31. The first-order valence-electron chi connectivity index (χ1n) is 5.56. The Morgan fingerprint density at radius 3 is 2.48 bits per heavy atom. The van der Waals surface area contributed by atoms with Crippen LogP contribution in [0.15, 0.2) is 12.1 Å². The first kappa shape index (κ1) is 16.2. The molecule has 0 spiro atoms. The average Bonchev–Trinajstić information content (AvgIpc) is 2.50. The first-order valence-corrected chi connectivity index (χ1v) is 7.34. The highest BCUT2D eigenvalue weighted by atomic mass is 35.5. The lowest BCUT2D eigenvalue weighted by atomic mass is 9.85. The second-order valence-corrected chi connectivity index (χ2v) is 6.90. The third-order valence-electron chi connectivity index (χ3n) is 3.05. The molecule has 1 aliphatic heterocycles. The molecule has 0 saturated carbocycles. The van der Waals surface area contributed by atoms with Gasteiger partial charge in [0.15, 0.2) is 0 Å². The summed E-state index contributed by atoms with van der Waals surface area (Å²) in [5.74, 6) is -0.534. The summed E-state index contributed by atoms with van der Waals surface area (Å²) in [5.41, 5.74) is -6.29. The number of halogens is 4. The maximum absolute atomic E-state index is 12.3. The molecule has 10 heteroatoms. The van der Waals surface area contributed by atoms with Crippen LogP contribution in [0.5, 0.6) is 11.5 Å². The third-order valence-corrected chi connectivity index (χ3v) is 4.31. The van der Waals surface area contributed by atoms with Crippen LogP contribution in [-0.4, -0.2) is 25.3 Å². The fraction of sp³-hybridized carbons (Fsp3) is 0.455. The molecular formula is C11H10ClF3O5S. The topological polar surface area (TPSA) is 72.8 Å². The number of hydrogen-bond acceptors (Lipinski definition) is 5. The molecule has 1 aliphatic rings. The van der Waals surface area contributed by atoms with Crippen molar-refractivity contribution in [1.29, 1.82) is 0 Å². The Balaban J connectivity index is 2.48. The van der Waals surface area contributed by atoms with Gasteiger partial charge in [0.05, 0.1) is 10.4 Å². The molecule has 2 rings (SSSR count). The molecule has 5 nitrogen and oxygen atoms in total. The van der Waals surface area contributed by atoms with Gasteiger partial charge in [-0.05, 0) is 19.9 Å². The highest BCUT2D eigenvalue weighted by molar-refractivity contribution is 7.88. The van der Waals surface area contributed by atoms with Crippen LogP contribution in [-0.2, 0) is 15.5 Å². The van der Waals surface area contributed by atoms with E-state index < -0.39 is 33.1 Å². The second kappa shape index (κ2) is 4.65. The summed E-state index contributed by atoms with van der Waals surface area (Å²) < 4.78 is 68.0. The van der Waals surface area contributed by atoms with Crippen LogP contribution < -0.4 is 8.92 Å². The van der Waals surface area contributed by atoms with Crippen molar-refractivity contribution in [2.24, 2.45) is 0 Å². The Labute approximate surface area is 123 Å². The van der Waals surface area contributed by atoms with E-state index in [0.29, 0.717) is 0 Å². The Morgan fingerprint density at radius 1 is 1.38 bits per heavy atom. The Kier molecular flexibility index (Phi) is 3.59. The molecule has 0 aliphatic carbocycles. The standard InChI is InChI=1S/C11H10ClF3O5S/c1-10(2)6-3-5(20-21(17,18)11(13,14)15)4-7(12)8(6)19-9(10)16/h3-4,9,16H,1-2H3. The molecule has 0 amide bonds. The number of aliphatic hydroxyl groups excluding tert-OH is 1. The molecule has 1 aromatic carbocycles. The van der Waals surface area contributed by atoms with E-state index in [0.717, 1.165) is 12.1 Å². The molecule has 0 fully saturated rings. The van der Waals surface area contributed by atoms with E-state index in [4.69, 9.17) is 16.3 Å². The second-order valence-electron chi connectivity index (χ2n) is 4.96. The van der Waals surface area contributed by atoms with Crippen LogP contribution in [0, 0.1) is 0 Å². The highest BCUT2D eigenvalue weighted by Crippen LogP contribution is 2.48. The van der Waals surface area contributed by atoms with E-state index in [-0.39, 0.29) is 16.3 Å². The van der Waals surface area contributed by atoms with Crippen LogP contribution in [0.3, 0.4) is 0 Å². The zero-order valence-electron chi connectivity index (χ0n) is 10.7. The summed E-state index contributed by atoms with van der Waals surface area (Å²) in [6.45, 7) is 3.11. The summed E-state index contributed by atoms with van der Waals surface area (Å²) in [4.78, 5) is 0. The SMILES string of the molecule is CC1(C)c2cc(OS(=O)(=O)C(F)(F)F)cc(Cl)c2OC1O. The van der Waals surface area contributed by atoms with Crippen molar-refractivity contribution in [1.82, 2.24) is 0 Å². The number of benzene rings is 1. The summed E-state index contributed by atoms with van der Waals surface area (Å²) in [5, 5.41) is 9.57. The van der Waals surface area contributed by atoms with Crippen LogP contribution in [0.2, 0.25) is 5.02 Å². The fourth-order valence-electron chi connectivity index (χ4n) is 1.78. The third kappa shape index (κ3) is 2.65. The normalized spacial score (nSPS) is 20.8. The highest BCUT2D eigenvalue weighted by Gasteiger charge is 2.49. The van der Waals surface area contributed by atoms with Gasteiger partial charge in [0.1, 0.15) is 11.5 Å². The minimum atomic E-state index is -5.80. The molecule has 118 valence electrons. The molecule has 1 atom stereocenters. The van der Waals surface area contributed by atoms with Crippen molar-refractivity contribution in [2.45, 2.75) is 31.1 Å². The summed E-state index contributed by atoms with van der Waals surface area (Å²) in [6.07, 6.45) is -1.26. The van der Waals surface area contributed by atoms with E-state index in [1.807, 2.05) is 0 Å². The number of fused-ring (bicyclic) bond motifs is 1. The number of ether oxygens (including phenoxy) is 1. The van der Waals surface area contributed by atoms with Crippen molar-refractivity contribution >= 4 is 21.7 Å². The summed E-state index contributed by atoms with van der Waals surface area (Å²) in [7, 11) is -5.80. The van der Waals surface area contributed by atoms with Gasteiger partial charge in [-0.1, -0.05) is 11.6 Å². The molecular weight excluding hydrogens is 337 g/mol. The molecule has 0 saturated heterocycles. The zero-order chi connectivity index (χ0) is 16.2. The van der Waals surface area contributed by atoms with Gasteiger partial charge in [0, 0.05) is 11.6 Å². The van der Waals surface area contributed by atoms with Crippen molar-refractivity contribution in [2.75, 3.05) is 0 Å². The van der Waals surface area contributed by atoms with E-state index in [9.17, 15) is 26.7 Å². The van der Waals surface area contributed by atoms with Gasteiger partial charge in [-0.15, -0.1) is 0 Å². The van der Waals surface area contributed by atoms with Gasteiger partial charge in [-0.25, -0.2) is 0 Å². The van der Waals surface area contributed by atoms with Gasteiger partial charge in [0.2, 0.25) is 6.29 Å². The van der Waals surface area contributed by atoms with Crippen molar-refractivity contribution in [3.05, 3.63) is 22.7 Å². The van der Waals surface area contributed by atoms with E-state index in [2.05, 4.69) is 4.18 Å². The Hall–Kier alpha value is -1.19. The first-order chi connectivity index (χ1) is 9.36. The summed E-state index contributed by atoms with van der Waals surface area (Å²) in [6, 6.07) is 1.92. The van der Waals surface area contributed by atoms with E-state index in [1.54, 1.807) is 13.8 Å². The lowest BCUT2D eigenvalue weighted by molar-refractivity contribution is -0.0500. The molecule has 1 N–H and O–H groups in total. The lowest BCUT2D eigenvalue weighted by Gasteiger charge is -2.20. The molecule has 1 heterocycles. The molecule has 1 unspecified atom stereocenters. The van der Waals surface area contributed by atoms with Gasteiger partial charge in [-0.2, -0.15) is 21.6 Å². The number of aliphatic hydroxyl groups is 1. The fourth-order valence-corrected chi connectivity index (χ4v) is 2.48. The van der Waals surface area contributed by atoms with Crippen molar-refractivity contribution < 1.29 is 35.6 Å². The maximum Gasteiger partial charge on any atom is 0.534 e. The van der Waals surface area contributed by atoms with Crippen LogP contribution >= 0.6 is 11.6 Å². The quantitative estimate of drug-likeness (QED) is 0.658. The van der Waals surface area contributed by atoms with E-state index in [1.165, 1.54) is 0 Å². The smallest absolute Gasteiger partial charge is 0.462 e. The zero-order valence-corrected chi connectivity index (χ0v) is 12.3. The van der Waals surface area contributed by atoms with Crippen LogP contribution in [0.25, 0.3) is 0 Å². The predicted octanol–water partition coefficient (Wildman–Crippen LogP) is 2.56. The van der Waals surface area contributed by atoms with Gasteiger partial charge in [0.25, 0.3) is 0 Å². The molecule has 0 bridgehead atoms. The number of alkyl halides is 3. The van der Waals surface area contributed by atoms with Crippen molar-refractivity contribution in [3.8, 4) is 11.5 Å². The average molecular weight is 347 g/mol. The largest absolute Gasteiger partial charge is 0.534 e. The molecule has 21 heavy (non-hydrogen) atoms.